The molecule has 0 unspecified atom stereocenters. The van der Waals surface area contributed by atoms with E-state index in [2.05, 4.69) is 602 Å². The summed E-state index contributed by atoms with van der Waals surface area (Å²) in [6, 6.07) is 186. The number of benzene rings is 23. The fraction of sp³-hybridized carbons (Fsp3) is 0.00699. The summed E-state index contributed by atoms with van der Waals surface area (Å²) in [6.07, 6.45) is 4.86. The van der Waals surface area contributed by atoms with Gasteiger partial charge in [-0.1, -0.05) is 334 Å². The molecule has 0 bridgehead atoms. The van der Waals surface area contributed by atoms with Crippen LogP contribution in [0.1, 0.15) is 6.92 Å². The number of rotatable bonds is 10. The first-order chi connectivity index (χ1) is 73.8. The molecular formula is C143H88N6. The summed E-state index contributed by atoms with van der Waals surface area (Å²) in [7, 11) is 0. The second-order valence-electron chi connectivity index (χ2n) is 37.4. The molecule has 0 spiro atoms. The molecule has 0 atom stereocenters. The first kappa shape index (κ1) is 88.4. The maximum absolute atomic E-state index is 4.86. The molecule has 0 fully saturated rings. The van der Waals surface area contributed by atoms with Crippen LogP contribution in [-0.4, -0.2) is 27.4 Å². The molecule has 6 nitrogen and oxygen atoms in total. The van der Waals surface area contributed by atoms with E-state index in [9.17, 15) is 0 Å². The zero-order valence-electron chi connectivity index (χ0n) is 81.3. The van der Waals surface area contributed by atoms with Gasteiger partial charge in [-0.25, -0.2) is 0 Å². The van der Waals surface area contributed by atoms with E-state index in [1.165, 1.54) is 247 Å². The van der Waals surface area contributed by atoms with Gasteiger partial charge in [-0.05, 0) is 336 Å². The minimum absolute atomic E-state index is 1.16. The molecule has 6 heterocycles. The van der Waals surface area contributed by atoms with Crippen molar-refractivity contribution in [3.63, 3.8) is 0 Å². The van der Waals surface area contributed by atoms with Crippen molar-refractivity contribution in [1.82, 2.24) is 27.4 Å². The Balaban J connectivity index is 0.000000107. The maximum Gasteiger partial charge on any atom is 0.0541 e. The van der Waals surface area contributed by atoms with Crippen molar-refractivity contribution in [3.8, 4) is 150 Å². The Morgan fingerprint density at radius 1 is 0.134 bits per heavy atom. The summed E-state index contributed by atoms with van der Waals surface area (Å²) in [5, 5.41) is 25.2. The number of fused-ring (bicyclic) bond motifs is 22. The summed E-state index contributed by atoms with van der Waals surface area (Å²) in [5.74, 6) is 26.9. The SMILES string of the molecule is C#CC#CC#CC#CC#CC#CC.c1ccc(-c2ccc(-n3c4ccccc4c4cc(-c5ccc6c(c5)c5ccccc5n6-c5ccc6ccccc6c5)ccc43)cc2)cc1.c1ccc(-n2c3ccccc3c3cc(-c4ccc5c(c4)c4ccccc4n5-c4ccc5ccccc5c4)ccc32)cc1.c1ccc2cc(-n3c4ccccc4c4cc(-c5ccc6c(c5)c5ccccc5n6-c5ccc6ccccc6c5)ccc43)ccc2c1. The monoisotopic (exact) mass is 1890 g/mol. The fourth-order valence-electron chi connectivity index (χ4n) is 22.2. The largest absolute Gasteiger partial charge is 0.309 e. The molecule has 0 aliphatic carbocycles. The van der Waals surface area contributed by atoms with Gasteiger partial charge in [0.1, 0.15) is 0 Å². The van der Waals surface area contributed by atoms with Gasteiger partial charge in [-0.3, -0.25) is 0 Å². The van der Waals surface area contributed by atoms with Crippen molar-refractivity contribution in [1.29, 1.82) is 0 Å². The van der Waals surface area contributed by atoms with E-state index in [0.29, 0.717) is 0 Å². The van der Waals surface area contributed by atoms with Crippen molar-refractivity contribution in [2.24, 2.45) is 0 Å². The molecule has 0 N–H and O–H groups in total. The summed E-state index contributed by atoms with van der Waals surface area (Å²) >= 11 is 0. The lowest BCUT2D eigenvalue weighted by atomic mass is 10.0. The van der Waals surface area contributed by atoms with E-state index >= 15 is 0 Å². The molecular weight excluding hydrogens is 1800 g/mol. The molecule has 29 rings (SSSR count). The van der Waals surface area contributed by atoms with Gasteiger partial charge in [0, 0.05) is 98.8 Å². The zero-order chi connectivity index (χ0) is 99.2. The molecule has 0 aliphatic heterocycles. The number of terminal acetylenes is 1. The molecule has 690 valence electrons. The summed E-state index contributed by atoms with van der Waals surface area (Å²) in [5.41, 5.74) is 31.5. The van der Waals surface area contributed by atoms with E-state index in [4.69, 9.17) is 6.42 Å². The molecule has 0 amide bonds. The smallest absolute Gasteiger partial charge is 0.0541 e. The highest BCUT2D eigenvalue weighted by atomic mass is 15.0. The molecule has 0 saturated carbocycles. The Morgan fingerprint density at radius 2 is 0.322 bits per heavy atom. The standard InChI is InChI=1S/C46H30N2.C44H28N2.C40H26N2.C13H4/c1-2-10-31(11-3-1)33-18-23-37(24-19-33)47-43-16-8-6-14-39(43)41-29-35(21-26-45(41)47)36-22-27-46-42(30-36)40-15-7-9-17-44(40)48(46)38-25-20-32-12-4-5-13-34(32)28-38;1-3-11-31-25-35(21-17-29(31)9-1)45-41-15-7-5-13-37(41)39-27-33(19-23-43(39)45)34-20-24-44-40(28-34)38-14-6-8-16-42(38)46(44)36-22-18-30-10-2-4-12-32(30)26-36;1-2-12-31(13-3-1)41-37-16-8-6-14-33(37)35-25-29(19-22-39(35)41)30-20-23-40-36(26-30)34-15-7-9-17-38(34)42(40)32-21-18-27-10-4-5-11-28(27)24-32;1-3-5-7-9-11-13-12-10-8-6-4-2/h1-30H;1-28H;1-26H;1H,2H3. The van der Waals surface area contributed by atoms with Crippen LogP contribution in [-0.2, 0) is 0 Å². The van der Waals surface area contributed by atoms with E-state index in [1.54, 1.807) is 6.92 Å². The molecule has 0 aliphatic rings. The predicted octanol–water partition coefficient (Wildman–Crippen LogP) is 35.6. The van der Waals surface area contributed by atoms with Gasteiger partial charge in [-0.2, -0.15) is 0 Å². The average molecular weight is 1890 g/mol. The van der Waals surface area contributed by atoms with Gasteiger partial charge in [0.2, 0.25) is 0 Å². The third-order valence-corrected chi connectivity index (χ3v) is 28.9. The minimum atomic E-state index is 1.16. The lowest BCUT2D eigenvalue weighted by Crippen LogP contribution is -1.94. The van der Waals surface area contributed by atoms with Crippen LogP contribution < -0.4 is 0 Å². The Labute approximate surface area is 861 Å². The van der Waals surface area contributed by atoms with Crippen molar-refractivity contribution in [2.75, 3.05) is 0 Å². The molecule has 0 saturated heterocycles. The normalized spacial score (nSPS) is 11.1. The summed E-state index contributed by atoms with van der Waals surface area (Å²) < 4.78 is 14.4. The summed E-state index contributed by atoms with van der Waals surface area (Å²) in [4.78, 5) is 0. The number of nitrogens with zero attached hydrogens (tertiary/aromatic N) is 6. The Hall–Kier alpha value is -20.7. The highest BCUT2D eigenvalue weighted by molar-refractivity contribution is 6.18. The molecule has 6 aromatic heterocycles. The third kappa shape index (κ3) is 16.2. The van der Waals surface area contributed by atoms with Crippen molar-refractivity contribution < 1.29 is 0 Å². The van der Waals surface area contributed by atoms with Crippen molar-refractivity contribution in [2.45, 2.75) is 6.92 Å². The first-order valence-corrected chi connectivity index (χ1v) is 50.1. The molecule has 0 radical (unpaired) electrons. The second-order valence-corrected chi connectivity index (χ2v) is 37.4. The number of hydrogen-bond acceptors (Lipinski definition) is 0. The van der Waals surface area contributed by atoms with Crippen LogP contribution in [0, 0.1) is 71.5 Å². The average Bonchev–Trinajstić information content (AvgIpc) is 1.60. The van der Waals surface area contributed by atoms with Crippen LogP contribution in [0.2, 0.25) is 0 Å². The lowest BCUT2D eigenvalue weighted by molar-refractivity contribution is 1.18. The maximum atomic E-state index is 4.86. The first-order valence-electron chi connectivity index (χ1n) is 50.1. The van der Waals surface area contributed by atoms with Crippen LogP contribution in [0.25, 0.3) is 253 Å². The predicted molar refractivity (Wildman–Crippen MR) is 631 cm³/mol. The van der Waals surface area contributed by atoms with E-state index in [1.807, 2.05) is 0 Å². The van der Waals surface area contributed by atoms with Crippen LogP contribution in [0.5, 0.6) is 0 Å². The Morgan fingerprint density at radius 3 is 0.584 bits per heavy atom. The van der Waals surface area contributed by atoms with Crippen molar-refractivity contribution in [3.05, 3.63) is 510 Å². The zero-order valence-corrected chi connectivity index (χ0v) is 81.3. The lowest BCUT2D eigenvalue weighted by Gasteiger charge is -2.11. The number of hydrogen-bond donors (Lipinski definition) is 0. The van der Waals surface area contributed by atoms with Gasteiger partial charge in [0.15, 0.2) is 0 Å². The van der Waals surface area contributed by atoms with Crippen LogP contribution in [0.4, 0.5) is 0 Å². The number of aromatic nitrogens is 6. The number of para-hydroxylation sites is 7. The summed E-state index contributed by atoms with van der Waals surface area (Å²) in [6.45, 7) is 1.71. The molecule has 6 heteroatoms. The van der Waals surface area contributed by atoms with Crippen LogP contribution >= 0.6 is 0 Å². The van der Waals surface area contributed by atoms with Gasteiger partial charge < -0.3 is 27.4 Å². The Kier molecular flexibility index (Phi) is 22.7. The van der Waals surface area contributed by atoms with E-state index in [0.717, 1.165) is 5.69 Å². The quantitative estimate of drug-likeness (QED) is 0.122. The minimum Gasteiger partial charge on any atom is -0.309 e. The fourth-order valence-corrected chi connectivity index (χ4v) is 22.2. The van der Waals surface area contributed by atoms with Crippen LogP contribution in [0.15, 0.2) is 510 Å². The van der Waals surface area contributed by atoms with Crippen molar-refractivity contribution >= 4 is 174 Å². The van der Waals surface area contributed by atoms with E-state index in [-0.39, 0.29) is 0 Å². The van der Waals surface area contributed by atoms with Gasteiger partial charge >= 0.3 is 0 Å². The van der Waals surface area contributed by atoms with Gasteiger partial charge in [0.05, 0.1) is 66.2 Å². The topological polar surface area (TPSA) is 29.6 Å². The van der Waals surface area contributed by atoms with Gasteiger partial charge in [0.25, 0.3) is 0 Å². The second kappa shape index (κ2) is 38.3. The van der Waals surface area contributed by atoms with Gasteiger partial charge in [-0.15, -0.1) is 6.42 Å². The van der Waals surface area contributed by atoms with Crippen LogP contribution in [0.3, 0.4) is 0 Å². The highest BCUT2D eigenvalue weighted by Crippen LogP contribution is 2.46. The molecule has 29 aromatic rings. The Bertz CT molecular complexity index is 10700. The third-order valence-electron chi connectivity index (χ3n) is 28.9. The van der Waals surface area contributed by atoms with E-state index < -0.39 is 0 Å². The highest BCUT2D eigenvalue weighted by Gasteiger charge is 2.23. The molecule has 23 aromatic carbocycles. The molecule has 149 heavy (non-hydrogen) atoms.